The van der Waals surface area contributed by atoms with Gasteiger partial charge in [0.2, 0.25) is 0 Å². The molecule has 0 radical (unpaired) electrons. The zero-order valence-electron chi connectivity index (χ0n) is 13.4. The number of nitro groups is 1. The van der Waals surface area contributed by atoms with E-state index in [1.807, 2.05) is 18.2 Å². The summed E-state index contributed by atoms with van der Waals surface area (Å²) < 4.78 is 1.43. The van der Waals surface area contributed by atoms with Gasteiger partial charge in [-0.3, -0.25) is 14.9 Å². The van der Waals surface area contributed by atoms with Gasteiger partial charge in [-0.05, 0) is 31.2 Å². The fourth-order valence-corrected chi connectivity index (χ4v) is 2.97. The fraction of sp³-hybridized carbons (Fsp3) is 0.0588. The summed E-state index contributed by atoms with van der Waals surface area (Å²) in [4.78, 5) is 23.2. The first-order valence-electron chi connectivity index (χ1n) is 7.44. The minimum absolute atomic E-state index is 0.0207. The van der Waals surface area contributed by atoms with E-state index in [1.165, 1.54) is 22.9 Å². The largest absolute Gasteiger partial charge is 0.316 e. The number of aryl methyl sites for hydroxylation is 1. The Morgan fingerprint density at radius 1 is 1.19 bits per heavy atom. The van der Waals surface area contributed by atoms with Crippen LogP contribution in [0.15, 0.2) is 48.5 Å². The van der Waals surface area contributed by atoms with Crippen molar-refractivity contribution in [1.82, 2.24) is 9.78 Å². The summed E-state index contributed by atoms with van der Waals surface area (Å²) in [5.41, 5.74) is 0.937. The van der Waals surface area contributed by atoms with Gasteiger partial charge in [0.25, 0.3) is 11.6 Å². The van der Waals surface area contributed by atoms with E-state index in [4.69, 9.17) is 23.2 Å². The van der Waals surface area contributed by atoms with Crippen molar-refractivity contribution in [3.63, 3.8) is 0 Å². The van der Waals surface area contributed by atoms with Crippen molar-refractivity contribution < 1.29 is 9.72 Å². The Hall–Kier alpha value is -2.90. The summed E-state index contributed by atoms with van der Waals surface area (Å²) in [6.07, 6.45) is 0. The number of nitrogens with one attached hydrogen (secondary N) is 1. The van der Waals surface area contributed by atoms with Crippen molar-refractivity contribution in [2.75, 3.05) is 5.32 Å². The van der Waals surface area contributed by atoms with Gasteiger partial charge in [-0.25, -0.2) is 4.68 Å². The molecule has 0 fully saturated rings. The predicted octanol–water partition coefficient (Wildman–Crippen LogP) is 4.65. The Kier molecular flexibility index (Phi) is 4.92. The van der Waals surface area contributed by atoms with Crippen LogP contribution in [0.25, 0.3) is 5.69 Å². The van der Waals surface area contributed by atoms with Crippen LogP contribution in [0, 0.1) is 17.0 Å². The predicted molar refractivity (Wildman–Crippen MR) is 99.4 cm³/mol. The van der Waals surface area contributed by atoms with Gasteiger partial charge in [0.15, 0.2) is 0 Å². The molecule has 3 rings (SSSR count). The molecule has 0 aliphatic carbocycles. The third-order valence-electron chi connectivity index (χ3n) is 3.64. The summed E-state index contributed by atoms with van der Waals surface area (Å²) in [6.45, 7) is 1.64. The highest BCUT2D eigenvalue weighted by atomic mass is 35.5. The van der Waals surface area contributed by atoms with Crippen LogP contribution in [0.4, 0.5) is 11.4 Å². The van der Waals surface area contributed by atoms with Crippen molar-refractivity contribution in [3.8, 4) is 5.69 Å². The Labute approximate surface area is 158 Å². The zero-order chi connectivity index (χ0) is 18.8. The second kappa shape index (κ2) is 7.15. The lowest BCUT2D eigenvalue weighted by Gasteiger charge is -2.07. The van der Waals surface area contributed by atoms with E-state index in [9.17, 15) is 14.9 Å². The molecular formula is C17H12Cl2N4O3. The number of rotatable bonds is 4. The van der Waals surface area contributed by atoms with Crippen molar-refractivity contribution in [3.05, 3.63) is 80.1 Å². The number of hydrogen-bond acceptors (Lipinski definition) is 4. The summed E-state index contributed by atoms with van der Waals surface area (Å²) in [5.74, 6) is -0.597. The lowest BCUT2D eigenvalue weighted by molar-refractivity contribution is -0.383. The van der Waals surface area contributed by atoms with Crippen LogP contribution in [-0.2, 0) is 0 Å². The summed E-state index contributed by atoms with van der Waals surface area (Å²) >= 11 is 12.1. The van der Waals surface area contributed by atoms with Crippen molar-refractivity contribution in [1.29, 1.82) is 0 Å². The Bertz CT molecular complexity index is 1000. The van der Waals surface area contributed by atoms with Gasteiger partial charge in [0.05, 0.1) is 16.3 Å². The minimum atomic E-state index is -0.622. The highest BCUT2D eigenvalue weighted by Crippen LogP contribution is 2.30. The number of carbonyl (C=O) groups is 1. The Morgan fingerprint density at radius 2 is 1.88 bits per heavy atom. The van der Waals surface area contributed by atoms with Gasteiger partial charge in [0.1, 0.15) is 16.4 Å². The molecule has 0 aliphatic heterocycles. The second-order valence-electron chi connectivity index (χ2n) is 5.37. The SMILES string of the molecule is Cc1nn(-c2ccccc2)c(Cl)c1C(=O)Nc1ccc(Cl)cc1[N+](=O)[O-]. The first-order chi connectivity index (χ1) is 12.4. The molecule has 1 amide bonds. The van der Waals surface area contributed by atoms with E-state index in [0.29, 0.717) is 11.4 Å². The van der Waals surface area contributed by atoms with Crippen molar-refractivity contribution in [2.45, 2.75) is 6.92 Å². The first kappa shape index (κ1) is 17.9. The lowest BCUT2D eigenvalue weighted by atomic mass is 10.2. The van der Waals surface area contributed by atoms with E-state index < -0.39 is 10.8 Å². The van der Waals surface area contributed by atoms with Crippen LogP contribution in [0.3, 0.4) is 0 Å². The van der Waals surface area contributed by atoms with Crippen LogP contribution in [-0.4, -0.2) is 20.6 Å². The molecule has 2 aromatic carbocycles. The number of benzene rings is 2. The molecule has 1 aromatic heterocycles. The highest BCUT2D eigenvalue weighted by molar-refractivity contribution is 6.34. The fourth-order valence-electron chi connectivity index (χ4n) is 2.44. The van der Waals surface area contributed by atoms with Gasteiger partial charge in [-0.1, -0.05) is 41.4 Å². The molecule has 7 nitrogen and oxygen atoms in total. The van der Waals surface area contributed by atoms with Crippen LogP contribution < -0.4 is 5.32 Å². The molecule has 1 N–H and O–H groups in total. The summed E-state index contributed by atoms with van der Waals surface area (Å²) in [5, 5.41) is 18.3. The maximum absolute atomic E-state index is 12.7. The number of nitro benzene ring substituents is 1. The molecule has 1 heterocycles. The molecule has 0 aliphatic rings. The van der Waals surface area contributed by atoms with Crippen molar-refractivity contribution in [2.24, 2.45) is 0 Å². The first-order valence-corrected chi connectivity index (χ1v) is 8.20. The number of amides is 1. The number of nitrogens with zero attached hydrogens (tertiary/aromatic N) is 3. The Balaban J connectivity index is 1.97. The molecule has 0 spiro atoms. The number of hydrogen-bond donors (Lipinski definition) is 1. The van der Waals surface area contributed by atoms with Gasteiger partial charge in [-0.15, -0.1) is 0 Å². The molecule has 9 heteroatoms. The van der Waals surface area contributed by atoms with Crippen LogP contribution in [0.5, 0.6) is 0 Å². The maximum atomic E-state index is 12.7. The number of carbonyl (C=O) groups excluding carboxylic acids is 1. The van der Waals surface area contributed by atoms with Crippen LogP contribution in [0.2, 0.25) is 10.2 Å². The average Bonchev–Trinajstić information content (AvgIpc) is 2.91. The zero-order valence-corrected chi connectivity index (χ0v) is 15.0. The van der Waals surface area contributed by atoms with Crippen LogP contribution in [0.1, 0.15) is 16.1 Å². The number of aromatic nitrogens is 2. The van der Waals surface area contributed by atoms with Crippen molar-refractivity contribution >= 4 is 40.5 Å². The molecule has 0 bridgehead atoms. The normalized spacial score (nSPS) is 10.6. The van der Waals surface area contributed by atoms with E-state index in [-0.39, 0.29) is 27.1 Å². The monoisotopic (exact) mass is 390 g/mol. The van der Waals surface area contributed by atoms with Gasteiger partial charge >= 0.3 is 0 Å². The van der Waals surface area contributed by atoms with Gasteiger partial charge in [-0.2, -0.15) is 5.10 Å². The summed E-state index contributed by atoms with van der Waals surface area (Å²) in [6, 6.07) is 13.1. The number of anilines is 1. The number of para-hydroxylation sites is 1. The number of halogens is 2. The molecule has 0 atom stereocenters. The average molecular weight is 391 g/mol. The van der Waals surface area contributed by atoms with E-state index in [2.05, 4.69) is 10.4 Å². The molecular weight excluding hydrogens is 379 g/mol. The summed E-state index contributed by atoms with van der Waals surface area (Å²) in [7, 11) is 0. The third-order valence-corrected chi connectivity index (χ3v) is 4.22. The molecule has 0 saturated carbocycles. The van der Waals surface area contributed by atoms with E-state index >= 15 is 0 Å². The molecule has 26 heavy (non-hydrogen) atoms. The molecule has 0 unspecified atom stereocenters. The molecule has 0 saturated heterocycles. The van der Waals surface area contributed by atoms with E-state index in [0.717, 1.165) is 0 Å². The minimum Gasteiger partial charge on any atom is -0.316 e. The van der Waals surface area contributed by atoms with E-state index in [1.54, 1.807) is 19.1 Å². The topological polar surface area (TPSA) is 90.1 Å². The van der Waals surface area contributed by atoms with Crippen LogP contribution >= 0.6 is 23.2 Å². The molecule has 132 valence electrons. The van der Waals surface area contributed by atoms with Gasteiger partial charge in [0, 0.05) is 11.1 Å². The standard InChI is InChI=1S/C17H12Cl2N4O3/c1-10-15(16(19)22(21-10)12-5-3-2-4-6-12)17(24)20-13-8-7-11(18)9-14(13)23(25)26/h2-9H,1H3,(H,20,24). The lowest BCUT2D eigenvalue weighted by Crippen LogP contribution is -2.14. The Morgan fingerprint density at radius 3 is 2.54 bits per heavy atom. The highest BCUT2D eigenvalue weighted by Gasteiger charge is 2.24. The third kappa shape index (κ3) is 3.40. The second-order valence-corrected chi connectivity index (χ2v) is 6.17. The maximum Gasteiger partial charge on any atom is 0.294 e. The molecule has 3 aromatic rings. The quantitative estimate of drug-likeness (QED) is 0.518. The van der Waals surface area contributed by atoms with Gasteiger partial charge < -0.3 is 5.32 Å². The smallest absolute Gasteiger partial charge is 0.294 e.